The first-order valence-corrected chi connectivity index (χ1v) is 15.6. The van der Waals surface area contributed by atoms with Gasteiger partial charge in [0.25, 0.3) is 0 Å². The van der Waals surface area contributed by atoms with Crippen LogP contribution in [0.2, 0.25) is 0 Å². The second-order valence-electron chi connectivity index (χ2n) is 11.1. The SMILES string of the molecule is CCCCCCCCC1CC1COC(=O)CCCCCCC(CCCCCC)OC(=O)CCCNC. The Morgan fingerprint density at radius 2 is 1.31 bits per heavy atom. The zero-order valence-corrected chi connectivity index (χ0v) is 24.1. The molecule has 0 amide bonds. The van der Waals surface area contributed by atoms with Gasteiger partial charge >= 0.3 is 11.9 Å². The van der Waals surface area contributed by atoms with Crippen LogP contribution in [0.5, 0.6) is 0 Å². The van der Waals surface area contributed by atoms with E-state index < -0.39 is 0 Å². The Kier molecular flexibility index (Phi) is 21.1. The summed E-state index contributed by atoms with van der Waals surface area (Å²) in [5.74, 6) is 1.35. The summed E-state index contributed by atoms with van der Waals surface area (Å²) >= 11 is 0. The summed E-state index contributed by atoms with van der Waals surface area (Å²) in [6.07, 6.45) is 23.4. The first-order chi connectivity index (χ1) is 17.6. The lowest BCUT2D eigenvalue weighted by molar-refractivity contribution is -0.150. The van der Waals surface area contributed by atoms with Crippen molar-refractivity contribution in [3.63, 3.8) is 0 Å². The first kappa shape index (κ1) is 32.9. The molecule has 0 spiro atoms. The third kappa shape index (κ3) is 19.1. The van der Waals surface area contributed by atoms with E-state index in [1.807, 2.05) is 7.05 Å². The van der Waals surface area contributed by atoms with E-state index in [1.165, 1.54) is 70.6 Å². The van der Waals surface area contributed by atoms with Gasteiger partial charge in [-0.15, -0.1) is 0 Å². The van der Waals surface area contributed by atoms with Gasteiger partial charge in [-0.2, -0.15) is 0 Å². The molecule has 1 N–H and O–H groups in total. The van der Waals surface area contributed by atoms with Crippen molar-refractivity contribution in [3.05, 3.63) is 0 Å². The Balaban J connectivity index is 2.05. The normalized spacial score (nSPS) is 17.6. The Morgan fingerprint density at radius 1 is 0.722 bits per heavy atom. The molecule has 0 heterocycles. The average Bonchev–Trinajstić information content (AvgIpc) is 3.62. The van der Waals surface area contributed by atoms with E-state index in [4.69, 9.17) is 9.47 Å². The Morgan fingerprint density at radius 3 is 2.00 bits per heavy atom. The van der Waals surface area contributed by atoms with Gasteiger partial charge in [0.1, 0.15) is 6.10 Å². The third-order valence-electron chi connectivity index (χ3n) is 7.60. The fourth-order valence-corrected chi connectivity index (χ4v) is 5.04. The highest BCUT2D eigenvalue weighted by Gasteiger charge is 2.37. The van der Waals surface area contributed by atoms with Gasteiger partial charge in [-0.1, -0.05) is 90.9 Å². The number of esters is 2. The lowest BCUT2D eigenvalue weighted by Gasteiger charge is -2.18. The quantitative estimate of drug-likeness (QED) is 0.0941. The van der Waals surface area contributed by atoms with Crippen LogP contribution < -0.4 is 5.32 Å². The predicted molar refractivity (Wildman–Crippen MR) is 150 cm³/mol. The van der Waals surface area contributed by atoms with Gasteiger partial charge in [-0.3, -0.25) is 9.59 Å². The molecule has 5 heteroatoms. The lowest BCUT2D eigenvalue weighted by atomic mass is 10.0. The van der Waals surface area contributed by atoms with Gasteiger partial charge < -0.3 is 14.8 Å². The molecule has 0 aromatic heterocycles. The number of nitrogens with one attached hydrogen (secondary N) is 1. The van der Waals surface area contributed by atoms with Crippen LogP contribution in [0.3, 0.4) is 0 Å². The molecule has 1 fully saturated rings. The van der Waals surface area contributed by atoms with Crippen LogP contribution >= 0.6 is 0 Å². The molecule has 0 bridgehead atoms. The minimum absolute atomic E-state index is 0.0236. The van der Waals surface area contributed by atoms with E-state index in [2.05, 4.69) is 19.2 Å². The number of hydrogen-bond acceptors (Lipinski definition) is 5. The summed E-state index contributed by atoms with van der Waals surface area (Å²) in [6, 6.07) is 0. The number of ether oxygens (including phenoxy) is 2. The number of carbonyl (C=O) groups is 2. The molecule has 0 saturated heterocycles. The number of hydrogen-bond donors (Lipinski definition) is 1. The summed E-state index contributed by atoms with van der Waals surface area (Å²) in [4.78, 5) is 24.3. The molecule has 0 radical (unpaired) electrons. The smallest absolute Gasteiger partial charge is 0.306 e. The monoisotopic (exact) mass is 509 g/mol. The van der Waals surface area contributed by atoms with Crippen molar-refractivity contribution in [1.29, 1.82) is 0 Å². The van der Waals surface area contributed by atoms with E-state index in [-0.39, 0.29) is 18.0 Å². The fraction of sp³-hybridized carbons (Fsp3) is 0.935. The first-order valence-electron chi connectivity index (χ1n) is 15.6. The molecule has 3 unspecified atom stereocenters. The van der Waals surface area contributed by atoms with Gasteiger partial charge in [0.15, 0.2) is 0 Å². The molecule has 36 heavy (non-hydrogen) atoms. The standard InChI is InChI=1S/C31H59NO4/c1-4-6-8-10-11-14-19-27-25-28(27)26-35-30(33)22-17-13-12-16-21-29(20-15-9-7-5-2)36-31(34)23-18-24-32-3/h27-29,32H,4-26H2,1-3H3. The molecule has 5 nitrogen and oxygen atoms in total. The van der Waals surface area contributed by atoms with Crippen molar-refractivity contribution in [1.82, 2.24) is 5.32 Å². The highest BCUT2D eigenvalue weighted by Crippen LogP contribution is 2.42. The summed E-state index contributed by atoms with van der Waals surface area (Å²) in [5, 5.41) is 3.08. The molecule has 0 aromatic rings. The Hall–Kier alpha value is -1.10. The minimum Gasteiger partial charge on any atom is -0.465 e. The molecule has 1 saturated carbocycles. The molecule has 0 aliphatic heterocycles. The van der Waals surface area contributed by atoms with Crippen LogP contribution in [-0.2, 0) is 19.1 Å². The van der Waals surface area contributed by atoms with Crippen LogP contribution in [0.15, 0.2) is 0 Å². The summed E-state index contributed by atoms with van der Waals surface area (Å²) in [5.41, 5.74) is 0. The van der Waals surface area contributed by atoms with Crippen LogP contribution in [0.25, 0.3) is 0 Å². The lowest BCUT2D eigenvalue weighted by Crippen LogP contribution is -2.19. The van der Waals surface area contributed by atoms with Crippen molar-refractivity contribution in [2.45, 2.75) is 155 Å². The molecule has 1 aliphatic rings. The van der Waals surface area contributed by atoms with Crippen LogP contribution in [0.1, 0.15) is 149 Å². The molecule has 0 aromatic carbocycles. The third-order valence-corrected chi connectivity index (χ3v) is 7.60. The topological polar surface area (TPSA) is 64.6 Å². The van der Waals surface area contributed by atoms with Crippen molar-refractivity contribution < 1.29 is 19.1 Å². The van der Waals surface area contributed by atoms with Gasteiger partial charge in [0.2, 0.25) is 0 Å². The fourth-order valence-electron chi connectivity index (χ4n) is 5.04. The number of rotatable bonds is 26. The summed E-state index contributed by atoms with van der Waals surface area (Å²) < 4.78 is 11.3. The average molecular weight is 510 g/mol. The second-order valence-corrected chi connectivity index (χ2v) is 11.1. The van der Waals surface area contributed by atoms with Crippen LogP contribution in [0.4, 0.5) is 0 Å². The van der Waals surface area contributed by atoms with E-state index in [0.717, 1.165) is 63.8 Å². The summed E-state index contributed by atoms with van der Waals surface area (Å²) in [7, 11) is 1.90. The molecule has 212 valence electrons. The van der Waals surface area contributed by atoms with Gasteiger partial charge in [-0.05, 0) is 70.4 Å². The largest absolute Gasteiger partial charge is 0.465 e. The Bertz CT molecular complexity index is 539. The minimum atomic E-state index is -0.0571. The van der Waals surface area contributed by atoms with E-state index in [0.29, 0.717) is 25.4 Å². The van der Waals surface area contributed by atoms with E-state index >= 15 is 0 Å². The highest BCUT2D eigenvalue weighted by molar-refractivity contribution is 5.69. The van der Waals surface area contributed by atoms with Crippen molar-refractivity contribution in [3.8, 4) is 0 Å². The number of unbranched alkanes of at least 4 members (excludes halogenated alkanes) is 11. The maximum atomic E-state index is 12.2. The van der Waals surface area contributed by atoms with Crippen molar-refractivity contribution in [2.75, 3.05) is 20.2 Å². The van der Waals surface area contributed by atoms with Crippen LogP contribution in [-0.4, -0.2) is 38.2 Å². The van der Waals surface area contributed by atoms with Gasteiger partial charge in [0.05, 0.1) is 6.61 Å². The van der Waals surface area contributed by atoms with Gasteiger partial charge in [0, 0.05) is 12.8 Å². The maximum absolute atomic E-state index is 12.2. The maximum Gasteiger partial charge on any atom is 0.306 e. The summed E-state index contributed by atoms with van der Waals surface area (Å²) in [6.45, 7) is 5.96. The molecule has 1 aliphatic carbocycles. The predicted octanol–water partition coefficient (Wildman–Crippen LogP) is 8.14. The molecular weight excluding hydrogens is 450 g/mol. The van der Waals surface area contributed by atoms with Gasteiger partial charge in [-0.25, -0.2) is 0 Å². The Labute approximate surface area is 223 Å². The molecule has 1 rings (SSSR count). The zero-order chi connectivity index (χ0) is 26.3. The second kappa shape index (κ2) is 23.0. The van der Waals surface area contributed by atoms with Crippen LogP contribution in [0, 0.1) is 11.8 Å². The molecular formula is C31H59NO4. The van der Waals surface area contributed by atoms with Crippen molar-refractivity contribution >= 4 is 11.9 Å². The highest BCUT2D eigenvalue weighted by atomic mass is 16.5. The van der Waals surface area contributed by atoms with E-state index in [1.54, 1.807) is 0 Å². The van der Waals surface area contributed by atoms with E-state index in [9.17, 15) is 9.59 Å². The molecule has 3 atom stereocenters. The zero-order valence-electron chi connectivity index (χ0n) is 24.1. The van der Waals surface area contributed by atoms with Crippen molar-refractivity contribution in [2.24, 2.45) is 11.8 Å². The number of carbonyl (C=O) groups excluding carboxylic acids is 2.